The Morgan fingerprint density at radius 2 is 2.11 bits per heavy atom. The van der Waals surface area contributed by atoms with E-state index >= 15 is 0 Å². The number of anilines is 1. The van der Waals surface area contributed by atoms with E-state index in [9.17, 15) is 4.79 Å². The Bertz CT molecular complexity index is 506. The Morgan fingerprint density at radius 3 is 2.63 bits per heavy atom. The van der Waals surface area contributed by atoms with Gasteiger partial charge in [0, 0.05) is 5.02 Å². The Kier molecular flexibility index (Phi) is 6.01. The van der Waals surface area contributed by atoms with Crippen LogP contribution in [0.3, 0.4) is 0 Å². The lowest BCUT2D eigenvalue weighted by atomic mass is 10.3. The molecule has 1 unspecified atom stereocenters. The minimum atomic E-state index is -0.810. The lowest BCUT2D eigenvalue weighted by molar-refractivity contribution is 0.122. The molecule has 0 radical (unpaired) electrons. The molecule has 0 aliphatic rings. The number of hydrogen-bond donors (Lipinski definition) is 0. The van der Waals surface area contributed by atoms with E-state index < -0.39 is 11.6 Å². The monoisotopic (exact) mass is 299 g/mol. The van der Waals surface area contributed by atoms with Crippen LogP contribution in [0.25, 0.3) is 0 Å². The molecule has 5 heteroatoms. The van der Waals surface area contributed by atoms with Gasteiger partial charge in [0.2, 0.25) is 0 Å². The normalized spacial score (nSPS) is 11.5. The second-order valence-electron chi connectivity index (χ2n) is 4.01. The zero-order valence-electron chi connectivity index (χ0n) is 11.0. The van der Waals surface area contributed by atoms with E-state index in [0.717, 1.165) is 0 Å². The highest BCUT2D eigenvalue weighted by molar-refractivity contribution is 6.31. The van der Waals surface area contributed by atoms with Gasteiger partial charge in [-0.15, -0.1) is 5.92 Å². The molecule has 0 aromatic heterocycles. The van der Waals surface area contributed by atoms with Crippen LogP contribution >= 0.6 is 23.2 Å². The largest absolute Gasteiger partial charge is 0.446 e. The summed E-state index contributed by atoms with van der Waals surface area (Å²) in [6.07, 6.45) is -0.798. The molecule has 0 heterocycles. The van der Waals surface area contributed by atoms with Gasteiger partial charge in [0.05, 0.1) is 11.8 Å². The third-order valence-corrected chi connectivity index (χ3v) is 2.65. The fourth-order valence-corrected chi connectivity index (χ4v) is 1.88. The van der Waals surface area contributed by atoms with Crippen molar-refractivity contribution in [3.63, 3.8) is 0 Å². The first-order valence-corrected chi connectivity index (χ1v) is 6.59. The summed E-state index contributed by atoms with van der Waals surface area (Å²) in [6.45, 7) is 5.19. The first-order chi connectivity index (χ1) is 8.95. The highest BCUT2D eigenvalue weighted by Gasteiger charge is 2.24. The molecule has 0 bridgehead atoms. The van der Waals surface area contributed by atoms with Gasteiger partial charge in [-0.25, -0.2) is 9.69 Å². The van der Waals surface area contributed by atoms with E-state index in [1.165, 1.54) is 4.90 Å². The van der Waals surface area contributed by atoms with Gasteiger partial charge in [-0.1, -0.05) is 35.2 Å². The maximum atomic E-state index is 12.1. The number of nitrogens with zero attached hydrogens (tertiary/aromatic N) is 1. The van der Waals surface area contributed by atoms with Crippen molar-refractivity contribution in [2.45, 2.75) is 32.4 Å². The van der Waals surface area contributed by atoms with E-state index in [1.54, 1.807) is 45.0 Å². The van der Waals surface area contributed by atoms with Gasteiger partial charge < -0.3 is 4.74 Å². The highest BCUT2D eigenvalue weighted by atomic mass is 35.5. The van der Waals surface area contributed by atoms with Crippen LogP contribution in [-0.2, 0) is 4.74 Å². The number of carbonyl (C=O) groups excluding carboxylic acids is 1. The number of benzene rings is 1. The fourth-order valence-electron chi connectivity index (χ4n) is 1.40. The molecule has 0 saturated heterocycles. The van der Waals surface area contributed by atoms with E-state index in [2.05, 4.69) is 11.8 Å². The van der Waals surface area contributed by atoms with Crippen LogP contribution in [0.1, 0.15) is 20.8 Å². The first kappa shape index (κ1) is 15.7. The fraction of sp³-hybridized carbons (Fsp3) is 0.357. The van der Waals surface area contributed by atoms with Crippen molar-refractivity contribution in [3.05, 3.63) is 29.3 Å². The predicted octanol–water partition coefficient (Wildman–Crippen LogP) is 4.28. The molecule has 3 nitrogen and oxygen atoms in total. The van der Waals surface area contributed by atoms with Crippen molar-refractivity contribution in [3.8, 4) is 11.8 Å². The van der Waals surface area contributed by atoms with Crippen LogP contribution < -0.4 is 4.90 Å². The topological polar surface area (TPSA) is 29.5 Å². The summed E-state index contributed by atoms with van der Waals surface area (Å²) in [5, 5.41) is 0.508. The van der Waals surface area contributed by atoms with E-state index in [1.807, 2.05) is 0 Å². The Hall–Kier alpha value is -1.37. The predicted molar refractivity (Wildman–Crippen MR) is 78.6 cm³/mol. The van der Waals surface area contributed by atoms with E-state index in [0.29, 0.717) is 10.7 Å². The maximum Gasteiger partial charge on any atom is 0.416 e. The molecule has 0 saturated carbocycles. The third kappa shape index (κ3) is 4.66. The van der Waals surface area contributed by atoms with Gasteiger partial charge in [-0.05, 0) is 39.0 Å². The average Bonchev–Trinajstić information content (AvgIpc) is 2.28. The molecule has 1 aromatic rings. The zero-order chi connectivity index (χ0) is 14.4. The van der Waals surface area contributed by atoms with Crippen molar-refractivity contribution >= 4 is 35.0 Å². The minimum absolute atomic E-state index is 0.243. The molecule has 1 rings (SSSR count). The van der Waals surface area contributed by atoms with Crippen molar-refractivity contribution in [2.24, 2.45) is 0 Å². The second kappa shape index (κ2) is 7.28. The van der Waals surface area contributed by atoms with Crippen LogP contribution in [0.2, 0.25) is 5.02 Å². The summed E-state index contributed by atoms with van der Waals surface area (Å²) in [4.78, 5) is 13.4. The van der Waals surface area contributed by atoms with Crippen molar-refractivity contribution in [1.29, 1.82) is 0 Å². The van der Waals surface area contributed by atoms with Gasteiger partial charge in [0.15, 0.2) is 5.50 Å². The number of alkyl halides is 1. The van der Waals surface area contributed by atoms with Crippen molar-refractivity contribution in [2.75, 3.05) is 4.90 Å². The summed E-state index contributed by atoms with van der Waals surface area (Å²) in [6, 6.07) is 6.80. The van der Waals surface area contributed by atoms with Crippen LogP contribution in [0, 0.1) is 11.8 Å². The Morgan fingerprint density at radius 1 is 1.42 bits per heavy atom. The minimum Gasteiger partial charge on any atom is -0.446 e. The molecule has 19 heavy (non-hydrogen) atoms. The lowest BCUT2D eigenvalue weighted by Crippen LogP contribution is -2.38. The molecular weight excluding hydrogens is 285 g/mol. The van der Waals surface area contributed by atoms with Gasteiger partial charge in [-0.3, -0.25) is 0 Å². The van der Waals surface area contributed by atoms with Crippen LogP contribution in [0.5, 0.6) is 0 Å². The molecule has 0 spiro atoms. The number of rotatable bonds is 3. The number of amides is 1. The molecule has 0 N–H and O–H groups in total. The van der Waals surface area contributed by atoms with Gasteiger partial charge in [0.25, 0.3) is 0 Å². The van der Waals surface area contributed by atoms with Gasteiger partial charge in [0.1, 0.15) is 0 Å². The van der Waals surface area contributed by atoms with Gasteiger partial charge >= 0.3 is 6.09 Å². The molecule has 1 atom stereocenters. The van der Waals surface area contributed by atoms with Crippen molar-refractivity contribution in [1.82, 2.24) is 0 Å². The summed E-state index contributed by atoms with van der Waals surface area (Å²) < 4.78 is 5.17. The summed E-state index contributed by atoms with van der Waals surface area (Å²) in [5.41, 5.74) is -0.268. The Balaban J connectivity index is 3.10. The van der Waals surface area contributed by atoms with Crippen LogP contribution in [-0.4, -0.2) is 17.7 Å². The molecule has 0 fully saturated rings. The lowest BCUT2D eigenvalue weighted by Gasteiger charge is -2.25. The molecule has 0 aliphatic heterocycles. The summed E-state index contributed by atoms with van der Waals surface area (Å²) in [5.74, 6) is 5.39. The molecule has 1 amide bonds. The number of halogens is 2. The molecule has 102 valence electrons. The Labute approximate surface area is 123 Å². The van der Waals surface area contributed by atoms with E-state index in [4.69, 9.17) is 27.9 Å². The molecular formula is C14H15Cl2NO2. The highest BCUT2D eigenvalue weighted by Crippen LogP contribution is 2.24. The zero-order valence-corrected chi connectivity index (χ0v) is 12.5. The summed E-state index contributed by atoms with van der Waals surface area (Å²) >= 11 is 12.0. The third-order valence-electron chi connectivity index (χ3n) is 2.11. The number of ether oxygens (including phenoxy) is 1. The van der Waals surface area contributed by atoms with Gasteiger partial charge in [-0.2, -0.15) is 0 Å². The van der Waals surface area contributed by atoms with E-state index in [-0.39, 0.29) is 6.10 Å². The van der Waals surface area contributed by atoms with Crippen LogP contribution in [0.4, 0.5) is 10.5 Å². The average molecular weight is 300 g/mol. The van der Waals surface area contributed by atoms with Crippen LogP contribution in [0.15, 0.2) is 24.3 Å². The maximum absolute atomic E-state index is 12.1. The number of hydrogen-bond acceptors (Lipinski definition) is 2. The standard InChI is InChI=1S/C14H15Cl2NO2/c1-4-6-13(16)17(14(18)19-10(2)3)12-8-5-7-11(15)9-12/h5,7-10,13H,1-3H3. The molecule has 1 aromatic carbocycles. The number of carbonyl (C=O) groups is 1. The quantitative estimate of drug-likeness (QED) is 0.474. The molecule has 0 aliphatic carbocycles. The first-order valence-electron chi connectivity index (χ1n) is 5.77. The van der Waals surface area contributed by atoms with Crippen molar-refractivity contribution < 1.29 is 9.53 Å². The SMILES string of the molecule is CC#CC(Cl)N(C(=O)OC(C)C)c1cccc(Cl)c1. The summed E-state index contributed by atoms with van der Waals surface area (Å²) in [7, 11) is 0. The second-order valence-corrected chi connectivity index (χ2v) is 4.86. The smallest absolute Gasteiger partial charge is 0.416 e.